The van der Waals surface area contributed by atoms with Crippen LogP contribution in [0.2, 0.25) is 0 Å². The minimum absolute atomic E-state index is 0.243. The molecule has 114 valence electrons. The van der Waals surface area contributed by atoms with Crippen molar-refractivity contribution in [3.05, 3.63) is 84.4 Å². The van der Waals surface area contributed by atoms with E-state index in [4.69, 9.17) is 4.74 Å². The molecule has 0 spiro atoms. The number of amides is 1. The third-order valence-electron chi connectivity index (χ3n) is 3.14. The largest absolute Gasteiger partial charge is 0.486 e. The van der Waals surface area contributed by atoms with E-state index in [1.54, 1.807) is 42.9 Å². The highest BCUT2D eigenvalue weighted by molar-refractivity contribution is 6.04. The van der Waals surface area contributed by atoms with E-state index in [-0.39, 0.29) is 11.6 Å². The number of carbonyl (C=O) groups is 1. The van der Waals surface area contributed by atoms with Gasteiger partial charge < -0.3 is 10.1 Å². The molecule has 3 rings (SSSR count). The van der Waals surface area contributed by atoms with Gasteiger partial charge in [0.15, 0.2) is 11.4 Å². The summed E-state index contributed by atoms with van der Waals surface area (Å²) in [4.78, 5) is 20.5. The maximum atomic E-state index is 12.4. The topological polar surface area (TPSA) is 64.1 Å². The van der Waals surface area contributed by atoms with Crippen LogP contribution in [0.3, 0.4) is 0 Å². The van der Waals surface area contributed by atoms with Gasteiger partial charge in [-0.3, -0.25) is 9.78 Å². The summed E-state index contributed by atoms with van der Waals surface area (Å²) in [6, 6.07) is 16.7. The number of benzene rings is 1. The van der Waals surface area contributed by atoms with Gasteiger partial charge in [-0.1, -0.05) is 30.3 Å². The average molecular weight is 305 g/mol. The smallest absolute Gasteiger partial charge is 0.278 e. The van der Waals surface area contributed by atoms with Crippen molar-refractivity contribution in [1.29, 1.82) is 0 Å². The van der Waals surface area contributed by atoms with Crippen LogP contribution in [0.15, 0.2) is 73.2 Å². The normalized spacial score (nSPS) is 10.1. The summed E-state index contributed by atoms with van der Waals surface area (Å²) >= 11 is 0. The molecule has 0 bridgehead atoms. The fourth-order valence-corrected chi connectivity index (χ4v) is 2.04. The molecule has 5 heteroatoms. The molecule has 0 radical (unpaired) electrons. The molecule has 1 amide bonds. The Labute approximate surface area is 134 Å². The highest BCUT2D eigenvalue weighted by Crippen LogP contribution is 2.18. The molecule has 2 aromatic heterocycles. The minimum Gasteiger partial charge on any atom is -0.486 e. The predicted molar refractivity (Wildman–Crippen MR) is 87.2 cm³/mol. The zero-order chi connectivity index (χ0) is 15.9. The van der Waals surface area contributed by atoms with Crippen LogP contribution in [0.25, 0.3) is 0 Å². The van der Waals surface area contributed by atoms with Gasteiger partial charge in [-0.15, -0.1) is 0 Å². The molecule has 0 saturated carbocycles. The highest BCUT2D eigenvalue weighted by Gasteiger charge is 2.14. The molecule has 0 saturated heterocycles. The minimum atomic E-state index is -0.332. The first-order valence-electron chi connectivity index (χ1n) is 7.16. The number of aromatic nitrogens is 2. The van der Waals surface area contributed by atoms with Crippen molar-refractivity contribution in [3.63, 3.8) is 0 Å². The number of ether oxygens (including phenoxy) is 1. The lowest BCUT2D eigenvalue weighted by atomic mass is 10.2. The van der Waals surface area contributed by atoms with Gasteiger partial charge in [-0.2, -0.15) is 0 Å². The van der Waals surface area contributed by atoms with E-state index in [2.05, 4.69) is 15.3 Å². The Morgan fingerprint density at radius 2 is 1.83 bits per heavy atom. The number of carbonyl (C=O) groups excluding carboxylic acids is 1. The van der Waals surface area contributed by atoms with Crippen LogP contribution in [-0.4, -0.2) is 15.9 Å². The standard InChI is InChI=1S/C18H15N3O2/c22-18(21-15-8-4-10-19-12-15)17-16(9-5-11-20-17)23-13-14-6-2-1-3-7-14/h1-12H,13H2,(H,21,22). The first-order chi connectivity index (χ1) is 11.3. The number of rotatable bonds is 5. The molecule has 2 heterocycles. The number of pyridine rings is 2. The second kappa shape index (κ2) is 7.17. The Kier molecular flexibility index (Phi) is 4.59. The summed E-state index contributed by atoms with van der Waals surface area (Å²) in [5.74, 6) is 0.111. The van der Waals surface area contributed by atoms with E-state index in [0.29, 0.717) is 18.0 Å². The van der Waals surface area contributed by atoms with Gasteiger partial charge in [0.05, 0.1) is 11.9 Å². The van der Waals surface area contributed by atoms with Crippen LogP contribution >= 0.6 is 0 Å². The second-order valence-corrected chi connectivity index (χ2v) is 4.82. The molecule has 0 aliphatic rings. The van der Waals surface area contributed by atoms with Gasteiger partial charge in [0, 0.05) is 12.4 Å². The van der Waals surface area contributed by atoms with E-state index in [9.17, 15) is 4.79 Å². The van der Waals surface area contributed by atoms with Crippen LogP contribution in [0.1, 0.15) is 16.1 Å². The molecule has 3 aromatic rings. The van der Waals surface area contributed by atoms with Crippen LogP contribution in [0.4, 0.5) is 5.69 Å². The lowest BCUT2D eigenvalue weighted by molar-refractivity contribution is 0.101. The van der Waals surface area contributed by atoms with E-state index in [1.165, 1.54) is 0 Å². The summed E-state index contributed by atoms with van der Waals surface area (Å²) in [6.45, 7) is 0.375. The van der Waals surface area contributed by atoms with Crippen molar-refractivity contribution >= 4 is 11.6 Å². The SMILES string of the molecule is O=C(Nc1cccnc1)c1ncccc1OCc1ccccc1. The first kappa shape index (κ1) is 14.7. The van der Waals surface area contributed by atoms with E-state index >= 15 is 0 Å². The fraction of sp³-hybridized carbons (Fsp3) is 0.0556. The van der Waals surface area contributed by atoms with Crippen molar-refractivity contribution in [3.8, 4) is 5.75 Å². The summed E-state index contributed by atoms with van der Waals surface area (Å²) in [5.41, 5.74) is 1.87. The van der Waals surface area contributed by atoms with E-state index in [0.717, 1.165) is 5.56 Å². The van der Waals surface area contributed by atoms with Gasteiger partial charge >= 0.3 is 0 Å². The van der Waals surface area contributed by atoms with Gasteiger partial charge in [-0.25, -0.2) is 4.98 Å². The van der Waals surface area contributed by atoms with Gasteiger partial charge in [0.25, 0.3) is 5.91 Å². The summed E-state index contributed by atoms with van der Waals surface area (Å²) in [7, 11) is 0. The van der Waals surface area contributed by atoms with Crippen LogP contribution in [0.5, 0.6) is 5.75 Å². The Balaban J connectivity index is 1.73. The Morgan fingerprint density at radius 3 is 2.61 bits per heavy atom. The number of nitrogens with zero attached hydrogens (tertiary/aromatic N) is 2. The highest BCUT2D eigenvalue weighted by atomic mass is 16.5. The number of hydrogen-bond donors (Lipinski definition) is 1. The lowest BCUT2D eigenvalue weighted by Crippen LogP contribution is -2.15. The molecule has 0 atom stereocenters. The Hall–Kier alpha value is -3.21. The zero-order valence-electron chi connectivity index (χ0n) is 12.3. The summed E-state index contributed by atoms with van der Waals surface area (Å²) < 4.78 is 5.74. The number of nitrogens with one attached hydrogen (secondary N) is 1. The molecule has 0 unspecified atom stereocenters. The number of anilines is 1. The third-order valence-corrected chi connectivity index (χ3v) is 3.14. The van der Waals surface area contributed by atoms with Gasteiger partial charge in [0.2, 0.25) is 0 Å². The maximum absolute atomic E-state index is 12.4. The quantitative estimate of drug-likeness (QED) is 0.785. The molecular weight excluding hydrogens is 290 g/mol. The van der Waals surface area contributed by atoms with Crippen LogP contribution in [-0.2, 0) is 6.61 Å². The molecule has 23 heavy (non-hydrogen) atoms. The average Bonchev–Trinajstić information content (AvgIpc) is 2.62. The van der Waals surface area contributed by atoms with Crippen molar-refractivity contribution in [2.45, 2.75) is 6.61 Å². The third kappa shape index (κ3) is 3.91. The molecule has 1 aromatic carbocycles. The van der Waals surface area contributed by atoms with Crippen molar-refractivity contribution < 1.29 is 9.53 Å². The van der Waals surface area contributed by atoms with Gasteiger partial charge in [0.1, 0.15) is 6.61 Å². The first-order valence-corrected chi connectivity index (χ1v) is 7.16. The maximum Gasteiger partial charge on any atom is 0.278 e. The Bertz CT molecular complexity index is 777. The predicted octanol–water partition coefficient (Wildman–Crippen LogP) is 3.31. The lowest BCUT2D eigenvalue weighted by Gasteiger charge is -2.10. The Morgan fingerprint density at radius 1 is 1.00 bits per heavy atom. The molecule has 0 aliphatic heterocycles. The molecular formula is C18H15N3O2. The molecule has 0 fully saturated rings. The molecule has 1 N–H and O–H groups in total. The van der Waals surface area contributed by atoms with Crippen LogP contribution in [0, 0.1) is 0 Å². The van der Waals surface area contributed by atoms with Crippen LogP contribution < -0.4 is 10.1 Å². The summed E-state index contributed by atoms with van der Waals surface area (Å²) in [6.07, 6.45) is 4.78. The fourth-order valence-electron chi connectivity index (χ4n) is 2.04. The molecule has 5 nitrogen and oxygen atoms in total. The second-order valence-electron chi connectivity index (χ2n) is 4.82. The van der Waals surface area contributed by atoms with Crippen molar-refractivity contribution in [1.82, 2.24) is 9.97 Å². The van der Waals surface area contributed by atoms with Crippen molar-refractivity contribution in [2.75, 3.05) is 5.32 Å². The summed E-state index contributed by atoms with van der Waals surface area (Å²) in [5, 5.41) is 2.75. The van der Waals surface area contributed by atoms with Crippen molar-refractivity contribution in [2.24, 2.45) is 0 Å². The number of hydrogen-bond acceptors (Lipinski definition) is 4. The zero-order valence-corrected chi connectivity index (χ0v) is 12.3. The monoisotopic (exact) mass is 305 g/mol. The van der Waals surface area contributed by atoms with Gasteiger partial charge in [-0.05, 0) is 29.8 Å². The molecule has 0 aliphatic carbocycles. The van der Waals surface area contributed by atoms with E-state index in [1.807, 2.05) is 30.3 Å². The van der Waals surface area contributed by atoms with E-state index < -0.39 is 0 Å².